The lowest BCUT2D eigenvalue weighted by Crippen LogP contribution is -2.40. The summed E-state index contributed by atoms with van der Waals surface area (Å²) < 4.78 is 1.68. The third kappa shape index (κ3) is 6.81. The molecule has 0 saturated carbocycles. The Kier molecular flexibility index (Phi) is 8.30. The lowest BCUT2D eigenvalue weighted by Gasteiger charge is -2.28. The van der Waals surface area contributed by atoms with Gasteiger partial charge in [-0.1, -0.05) is 39.5 Å². The second-order valence-electron chi connectivity index (χ2n) is 10.4. The summed E-state index contributed by atoms with van der Waals surface area (Å²) in [6, 6.07) is 6.22. The quantitative estimate of drug-likeness (QED) is 0.354. The van der Waals surface area contributed by atoms with E-state index in [4.69, 9.17) is 4.98 Å². The van der Waals surface area contributed by atoms with Crippen molar-refractivity contribution in [2.45, 2.75) is 73.4 Å². The second-order valence-corrected chi connectivity index (χ2v) is 10.4. The van der Waals surface area contributed by atoms with Crippen LogP contribution >= 0.6 is 0 Å². The molecule has 9 nitrogen and oxygen atoms in total. The van der Waals surface area contributed by atoms with Crippen LogP contribution in [-0.2, 0) is 6.42 Å². The molecule has 2 atom stereocenters. The van der Waals surface area contributed by atoms with E-state index >= 15 is 0 Å². The summed E-state index contributed by atoms with van der Waals surface area (Å²) in [6.07, 6.45) is 6.79. The fourth-order valence-corrected chi connectivity index (χ4v) is 3.91. The van der Waals surface area contributed by atoms with Gasteiger partial charge < -0.3 is 16.0 Å². The Morgan fingerprint density at radius 1 is 1.19 bits per heavy atom. The van der Waals surface area contributed by atoms with Gasteiger partial charge in [-0.3, -0.25) is 4.98 Å². The average molecular weight is 488 g/mol. The summed E-state index contributed by atoms with van der Waals surface area (Å²) in [5.41, 5.74) is 4.97. The molecule has 3 N–H and O–H groups in total. The monoisotopic (exact) mass is 487 g/mol. The van der Waals surface area contributed by atoms with Crippen LogP contribution in [0.3, 0.4) is 0 Å². The van der Waals surface area contributed by atoms with Gasteiger partial charge in [-0.05, 0) is 56.7 Å². The number of nitrogens with zero attached hydrogens (tertiary/aromatic N) is 6. The highest BCUT2D eigenvalue weighted by atomic mass is 15.4. The molecule has 0 radical (unpaired) electrons. The second kappa shape index (κ2) is 11.2. The molecule has 190 valence electrons. The van der Waals surface area contributed by atoms with Crippen molar-refractivity contribution in [3.05, 3.63) is 59.8 Å². The van der Waals surface area contributed by atoms with E-state index in [-0.39, 0.29) is 17.5 Å². The molecule has 36 heavy (non-hydrogen) atoms. The number of pyridine rings is 2. The normalized spacial score (nSPS) is 12.9. The SMILES string of the molecule is C=C(CC(C)(C)C)N[C@@H](C)C(C)Nc1nc(Nc2cnc(CC)c(-n3ccnn3)c2)c(C#N)cc1C. The van der Waals surface area contributed by atoms with Crippen LogP contribution in [-0.4, -0.2) is 37.0 Å². The summed E-state index contributed by atoms with van der Waals surface area (Å²) in [4.78, 5) is 9.35. The van der Waals surface area contributed by atoms with E-state index in [1.54, 1.807) is 23.3 Å². The minimum absolute atomic E-state index is 0.0677. The summed E-state index contributed by atoms with van der Waals surface area (Å²) >= 11 is 0. The van der Waals surface area contributed by atoms with E-state index in [0.29, 0.717) is 22.9 Å². The van der Waals surface area contributed by atoms with E-state index in [0.717, 1.165) is 35.5 Å². The lowest BCUT2D eigenvalue weighted by atomic mass is 9.90. The molecule has 0 amide bonds. The highest BCUT2D eigenvalue weighted by Gasteiger charge is 2.19. The number of aromatic nitrogens is 5. The van der Waals surface area contributed by atoms with E-state index in [1.807, 2.05) is 26.0 Å². The number of allylic oxidation sites excluding steroid dienone is 1. The first-order valence-electron chi connectivity index (χ1n) is 12.3. The predicted molar refractivity (Wildman–Crippen MR) is 144 cm³/mol. The Hall–Kier alpha value is -3.93. The molecule has 0 bridgehead atoms. The number of hydrogen-bond acceptors (Lipinski definition) is 8. The minimum Gasteiger partial charge on any atom is -0.384 e. The number of rotatable bonds is 10. The highest BCUT2D eigenvalue weighted by Crippen LogP contribution is 2.27. The van der Waals surface area contributed by atoms with Crippen molar-refractivity contribution in [2.24, 2.45) is 5.41 Å². The largest absolute Gasteiger partial charge is 0.384 e. The first kappa shape index (κ1) is 26.7. The van der Waals surface area contributed by atoms with Crippen LogP contribution in [0.4, 0.5) is 17.3 Å². The number of nitrogens with one attached hydrogen (secondary N) is 3. The van der Waals surface area contributed by atoms with Gasteiger partial charge in [-0.2, -0.15) is 5.26 Å². The van der Waals surface area contributed by atoms with Gasteiger partial charge in [0.05, 0.1) is 41.2 Å². The zero-order chi connectivity index (χ0) is 26.5. The Bertz CT molecular complexity index is 1230. The molecule has 0 aliphatic carbocycles. The predicted octanol–water partition coefficient (Wildman–Crippen LogP) is 5.27. The van der Waals surface area contributed by atoms with Crippen molar-refractivity contribution >= 4 is 17.3 Å². The smallest absolute Gasteiger partial charge is 0.150 e. The van der Waals surface area contributed by atoms with Crippen LogP contribution in [0.2, 0.25) is 0 Å². The minimum atomic E-state index is 0.0677. The molecule has 1 unspecified atom stereocenters. The van der Waals surface area contributed by atoms with E-state index in [9.17, 15) is 5.26 Å². The standard InChI is InChI=1S/C27H37N9/c1-9-23-24(36-11-10-30-35-36)13-22(16-29-23)33-26-21(15-28)12-17(2)25(34-26)32-20(5)19(4)31-18(3)14-27(6,7)8/h10-13,16,19-20,31H,3,9,14H2,1-2,4-8H3,(H2,32,33,34)/t19-,20?/m0/s1. The fraction of sp³-hybridized carbons (Fsp3) is 0.444. The molecule has 0 saturated heterocycles. The summed E-state index contributed by atoms with van der Waals surface area (Å²) in [5, 5.41) is 28.0. The summed E-state index contributed by atoms with van der Waals surface area (Å²) in [5.74, 6) is 1.18. The number of nitriles is 1. The molecular weight excluding hydrogens is 450 g/mol. The lowest BCUT2D eigenvalue weighted by molar-refractivity contribution is 0.388. The maximum Gasteiger partial charge on any atom is 0.150 e. The fourth-order valence-electron chi connectivity index (χ4n) is 3.91. The van der Waals surface area contributed by atoms with Crippen LogP contribution in [0.1, 0.15) is 64.8 Å². The van der Waals surface area contributed by atoms with Gasteiger partial charge in [0.25, 0.3) is 0 Å². The van der Waals surface area contributed by atoms with Crippen LogP contribution in [0.25, 0.3) is 5.69 Å². The molecule has 0 aliphatic heterocycles. The van der Waals surface area contributed by atoms with Gasteiger partial charge >= 0.3 is 0 Å². The van der Waals surface area contributed by atoms with Crippen LogP contribution in [0, 0.1) is 23.7 Å². The van der Waals surface area contributed by atoms with Crippen molar-refractivity contribution in [1.82, 2.24) is 30.3 Å². The van der Waals surface area contributed by atoms with Crippen molar-refractivity contribution in [1.29, 1.82) is 5.26 Å². The van der Waals surface area contributed by atoms with Crippen LogP contribution < -0.4 is 16.0 Å². The Balaban J connectivity index is 1.82. The van der Waals surface area contributed by atoms with Crippen LogP contribution in [0.5, 0.6) is 0 Å². The average Bonchev–Trinajstić information content (AvgIpc) is 3.34. The molecule has 0 aliphatic rings. The van der Waals surface area contributed by atoms with Crippen molar-refractivity contribution < 1.29 is 0 Å². The van der Waals surface area contributed by atoms with E-state index in [2.05, 4.69) is 78.5 Å². The van der Waals surface area contributed by atoms with Gasteiger partial charge in [-0.25, -0.2) is 9.67 Å². The maximum absolute atomic E-state index is 9.75. The number of aryl methyl sites for hydroxylation is 2. The first-order valence-corrected chi connectivity index (χ1v) is 12.3. The number of anilines is 3. The van der Waals surface area contributed by atoms with E-state index in [1.165, 1.54) is 0 Å². The van der Waals surface area contributed by atoms with Crippen molar-refractivity contribution in [3.8, 4) is 11.8 Å². The van der Waals surface area contributed by atoms with Crippen molar-refractivity contribution in [3.63, 3.8) is 0 Å². The molecule has 0 aromatic carbocycles. The highest BCUT2D eigenvalue weighted by molar-refractivity contribution is 5.67. The van der Waals surface area contributed by atoms with Gasteiger partial charge in [0, 0.05) is 17.8 Å². The molecule has 3 aromatic rings. The Labute approximate surface area is 214 Å². The van der Waals surface area contributed by atoms with Gasteiger partial charge in [0.1, 0.15) is 11.9 Å². The Morgan fingerprint density at radius 2 is 1.94 bits per heavy atom. The zero-order valence-corrected chi connectivity index (χ0v) is 22.3. The first-order chi connectivity index (χ1) is 17.0. The number of hydrogen-bond donors (Lipinski definition) is 3. The van der Waals surface area contributed by atoms with Gasteiger partial charge in [0.2, 0.25) is 0 Å². The maximum atomic E-state index is 9.75. The molecule has 9 heteroatoms. The molecule has 3 heterocycles. The topological polar surface area (TPSA) is 116 Å². The third-order valence-corrected chi connectivity index (χ3v) is 5.84. The van der Waals surface area contributed by atoms with Gasteiger partial charge in [0.15, 0.2) is 5.82 Å². The molecule has 3 aromatic heterocycles. The molecule has 3 rings (SSSR count). The summed E-state index contributed by atoms with van der Waals surface area (Å²) in [6.45, 7) is 19.0. The van der Waals surface area contributed by atoms with Crippen LogP contribution in [0.15, 0.2) is 43.0 Å². The molecular formula is C27H37N9. The van der Waals surface area contributed by atoms with Gasteiger partial charge in [-0.15, -0.1) is 5.10 Å². The molecule has 0 fully saturated rings. The summed E-state index contributed by atoms with van der Waals surface area (Å²) in [7, 11) is 0. The third-order valence-electron chi connectivity index (χ3n) is 5.84. The molecule has 0 spiro atoms. The zero-order valence-electron chi connectivity index (χ0n) is 22.3. The van der Waals surface area contributed by atoms with Crippen molar-refractivity contribution in [2.75, 3.05) is 10.6 Å². The van der Waals surface area contributed by atoms with E-state index < -0.39 is 0 Å². The Morgan fingerprint density at radius 3 is 2.56 bits per heavy atom.